The van der Waals surface area contributed by atoms with Crippen LogP contribution in [0.1, 0.15) is 12.0 Å². The number of amides is 1. The molecule has 210 valence electrons. The van der Waals surface area contributed by atoms with Gasteiger partial charge in [-0.3, -0.25) is 9.69 Å². The summed E-state index contributed by atoms with van der Waals surface area (Å²) in [5.74, 6) is -0.326. The number of rotatable bonds is 9. The Morgan fingerprint density at radius 3 is 2.69 bits per heavy atom. The van der Waals surface area contributed by atoms with E-state index in [-0.39, 0.29) is 31.3 Å². The van der Waals surface area contributed by atoms with Crippen LogP contribution < -0.4 is 4.90 Å². The lowest BCUT2D eigenvalue weighted by molar-refractivity contribution is -0.119. The number of H-pyrrole nitrogens is 1. The fraction of sp³-hybridized carbons (Fsp3) is 0.462. The molecule has 2 saturated heterocycles. The highest BCUT2D eigenvalue weighted by atomic mass is 35.5. The van der Waals surface area contributed by atoms with Crippen LogP contribution in [0, 0.1) is 0 Å². The highest BCUT2D eigenvalue weighted by Gasteiger charge is 2.32. The molecule has 39 heavy (non-hydrogen) atoms. The Bertz CT molecular complexity index is 1450. The van der Waals surface area contributed by atoms with Gasteiger partial charge >= 0.3 is 0 Å². The van der Waals surface area contributed by atoms with E-state index in [0.29, 0.717) is 64.6 Å². The van der Waals surface area contributed by atoms with Crippen molar-refractivity contribution in [2.75, 3.05) is 63.1 Å². The quantitative estimate of drug-likeness (QED) is 0.416. The second kappa shape index (κ2) is 11.8. The predicted octanol–water partition coefficient (Wildman–Crippen LogP) is 3.39. The Balaban J connectivity index is 1.28. The standard InChI is InChI=1S/C26H30ClF2N5O4S/c27-25-21(16-31-26-24(25)19(15-30-26)14-22(28)29)18-3-1-4-20(13-18)34-7-6-33(17-23(34)35)39(36,37)12-2-5-32-8-10-38-11-9-32/h1,3-4,13,15-16,22H,2,5-12,14,17H2,(H,30,31). The third-order valence-electron chi connectivity index (χ3n) is 7.12. The molecule has 1 aromatic carbocycles. The fourth-order valence-electron chi connectivity index (χ4n) is 5.08. The summed E-state index contributed by atoms with van der Waals surface area (Å²) in [5.41, 5.74) is 2.62. The number of nitrogens with one attached hydrogen (secondary N) is 1. The monoisotopic (exact) mass is 581 g/mol. The van der Waals surface area contributed by atoms with Crippen LogP contribution in [0.2, 0.25) is 5.02 Å². The Morgan fingerprint density at radius 1 is 1.15 bits per heavy atom. The maximum Gasteiger partial charge on any atom is 0.242 e. The molecule has 2 aliphatic rings. The summed E-state index contributed by atoms with van der Waals surface area (Å²) >= 11 is 6.67. The van der Waals surface area contributed by atoms with Gasteiger partial charge in [0.25, 0.3) is 0 Å². The van der Waals surface area contributed by atoms with Gasteiger partial charge in [-0.15, -0.1) is 0 Å². The average molecular weight is 582 g/mol. The first-order valence-electron chi connectivity index (χ1n) is 12.8. The second-order valence-electron chi connectivity index (χ2n) is 9.67. The largest absolute Gasteiger partial charge is 0.379 e. The zero-order chi connectivity index (χ0) is 27.6. The van der Waals surface area contributed by atoms with E-state index in [9.17, 15) is 22.0 Å². The van der Waals surface area contributed by atoms with Crippen molar-refractivity contribution in [1.82, 2.24) is 19.2 Å². The zero-order valence-corrected chi connectivity index (χ0v) is 22.9. The van der Waals surface area contributed by atoms with Gasteiger partial charge in [0.2, 0.25) is 22.4 Å². The van der Waals surface area contributed by atoms with Gasteiger partial charge in [-0.05, 0) is 36.2 Å². The number of ether oxygens (including phenoxy) is 1. The van der Waals surface area contributed by atoms with Crippen LogP contribution in [-0.4, -0.2) is 98.2 Å². The van der Waals surface area contributed by atoms with Gasteiger partial charge in [-0.25, -0.2) is 22.2 Å². The van der Waals surface area contributed by atoms with E-state index < -0.39 is 22.9 Å². The van der Waals surface area contributed by atoms with Crippen molar-refractivity contribution in [1.29, 1.82) is 0 Å². The number of carbonyl (C=O) groups excluding carboxylic acids is 1. The van der Waals surface area contributed by atoms with Crippen LogP contribution in [0.4, 0.5) is 14.5 Å². The smallest absolute Gasteiger partial charge is 0.242 e. The van der Waals surface area contributed by atoms with Crippen molar-refractivity contribution in [2.24, 2.45) is 0 Å². The van der Waals surface area contributed by atoms with Crippen molar-refractivity contribution in [2.45, 2.75) is 19.3 Å². The number of fused-ring (bicyclic) bond motifs is 1. The molecule has 0 aliphatic carbocycles. The van der Waals surface area contributed by atoms with E-state index in [1.165, 1.54) is 10.5 Å². The van der Waals surface area contributed by atoms with Crippen molar-refractivity contribution < 1.29 is 26.7 Å². The molecule has 3 aromatic rings. The highest BCUT2D eigenvalue weighted by molar-refractivity contribution is 7.89. The number of anilines is 1. The number of carbonyl (C=O) groups is 1. The third-order valence-corrected chi connectivity index (χ3v) is 9.42. The lowest BCUT2D eigenvalue weighted by Crippen LogP contribution is -2.53. The van der Waals surface area contributed by atoms with E-state index in [4.69, 9.17) is 16.3 Å². The number of hydrogen-bond donors (Lipinski definition) is 1. The van der Waals surface area contributed by atoms with Crippen molar-refractivity contribution in [3.8, 4) is 11.1 Å². The number of hydrogen-bond acceptors (Lipinski definition) is 6. The average Bonchev–Trinajstić information content (AvgIpc) is 3.32. The first kappa shape index (κ1) is 27.9. The number of morpholine rings is 1. The summed E-state index contributed by atoms with van der Waals surface area (Å²) in [4.78, 5) is 24.0. The predicted molar refractivity (Wildman–Crippen MR) is 146 cm³/mol. The summed E-state index contributed by atoms with van der Waals surface area (Å²) < 4.78 is 58.5. The molecule has 0 radical (unpaired) electrons. The van der Waals surface area contributed by atoms with Crippen LogP contribution >= 0.6 is 11.6 Å². The lowest BCUT2D eigenvalue weighted by Gasteiger charge is -2.34. The minimum Gasteiger partial charge on any atom is -0.379 e. The minimum atomic E-state index is -3.56. The summed E-state index contributed by atoms with van der Waals surface area (Å²) in [6.07, 6.45) is 0.587. The van der Waals surface area contributed by atoms with Crippen molar-refractivity contribution in [3.63, 3.8) is 0 Å². The Kier molecular flexibility index (Phi) is 8.48. The molecule has 4 heterocycles. The van der Waals surface area contributed by atoms with Gasteiger partial charge in [-0.2, -0.15) is 4.31 Å². The number of nitrogens with zero attached hydrogens (tertiary/aromatic N) is 4. The summed E-state index contributed by atoms with van der Waals surface area (Å²) in [6.45, 7) is 3.79. The van der Waals surface area contributed by atoms with Crippen LogP contribution in [0.3, 0.4) is 0 Å². The van der Waals surface area contributed by atoms with Crippen molar-refractivity contribution >= 4 is 44.3 Å². The van der Waals surface area contributed by atoms with Gasteiger partial charge in [0.15, 0.2) is 0 Å². The molecule has 1 amide bonds. The summed E-state index contributed by atoms with van der Waals surface area (Å²) in [6, 6.07) is 7.12. The zero-order valence-electron chi connectivity index (χ0n) is 21.3. The second-order valence-corrected chi connectivity index (χ2v) is 12.1. The maximum absolute atomic E-state index is 13.1. The molecule has 0 bridgehead atoms. The molecular weight excluding hydrogens is 552 g/mol. The number of sulfonamides is 1. The van der Waals surface area contributed by atoms with Crippen LogP contribution in [0.15, 0.2) is 36.7 Å². The lowest BCUT2D eigenvalue weighted by atomic mass is 10.0. The maximum atomic E-state index is 13.1. The molecule has 0 atom stereocenters. The van der Waals surface area contributed by atoms with E-state index in [1.54, 1.807) is 35.4 Å². The number of aromatic nitrogens is 2. The normalized spacial score (nSPS) is 17.9. The number of benzene rings is 1. The number of halogens is 3. The van der Waals surface area contributed by atoms with Crippen molar-refractivity contribution in [3.05, 3.63) is 47.2 Å². The fourth-order valence-corrected chi connectivity index (χ4v) is 6.86. The molecule has 0 spiro atoms. The molecule has 2 fully saturated rings. The van der Waals surface area contributed by atoms with Gasteiger partial charge in [0.05, 0.1) is 30.5 Å². The van der Waals surface area contributed by atoms with E-state index in [1.807, 2.05) is 0 Å². The summed E-state index contributed by atoms with van der Waals surface area (Å²) in [7, 11) is -3.56. The molecular formula is C26H30ClF2N5O4S. The van der Waals surface area contributed by atoms with Gasteiger partial charge in [0.1, 0.15) is 5.65 Å². The Labute approximate surface area is 230 Å². The van der Waals surface area contributed by atoms with Crippen LogP contribution in [0.25, 0.3) is 22.2 Å². The molecule has 13 heteroatoms. The van der Waals surface area contributed by atoms with Gasteiger partial charge in [-0.1, -0.05) is 23.7 Å². The minimum absolute atomic E-state index is 0.00615. The molecule has 2 aromatic heterocycles. The van der Waals surface area contributed by atoms with Gasteiger partial charge in [0, 0.05) is 61.6 Å². The molecule has 2 aliphatic heterocycles. The highest BCUT2D eigenvalue weighted by Crippen LogP contribution is 2.37. The van der Waals surface area contributed by atoms with Crippen LogP contribution in [0.5, 0.6) is 0 Å². The number of alkyl halides is 2. The number of piperazine rings is 1. The van der Waals surface area contributed by atoms with Gasteiger partial charge < -0.3 is 14.6 Å². The third kappa shape index (κ3) is 6.25. The molecule has 0 saturated carbocycles. The Morgan fingerprint density at radius 2 is 1.95 bits per heavy atom. The first-order valence-corrected chi connectivity index (χ1v) is 14.8. The van der Waals surface area contributed by atoms with E-state index in [2.05, 4.69) is 14.9 Å². The SMILES string of the molecule is O=C1CN(S(=O)(=O)CCCN2CCOCC2)CCN1c1cccc(-c2cnc3[nH]cc(CC(F)F)c3c2Cl)c1. The number of pyridine rings is 1. The molecule has 5 rings (SSSR count). The van der Waals surface area contributed by atoms with E-state index in [0.717, 1.165) is 13.1 Å². The molecule has 9 nitrogen and oxygen atoms in total. The Hall–Kier alpha value is -2.64. The van der Waals surface area contributed by atoms with Crippen LogP contribution in [-0.2, 0) is 26.0 Å². The van der Waals surface area contributed by atoms with E-state index >= 15 is 0 Å². The summed E-state index contributed by atoms with van der Waals surface area (Å²) in [5, 5.41) is 0.747. The first-order chi connectivity index (χ1) is 18.7. The molecule has 0 unspecified atom stereocenters. The number of aromatic amines is 1. The molecule has 1 N–H and O–H groups in total. The topological polar surface area (TPSA) is 98.8 Å².